The first-order valence-electron chi connectivity index (χ1n) is 12.6. The number of carboxylic acids is 1. The molecule has 2 amide bonds. The predicted molar refractivity (Wildman–Crippen MR) is 147 cm³/mol. The van der Waals surface area contributed by atoms with E-state index < -0.39 is 23.9 Å². The van der Waals surface area contributed by atoms with Gasteiger partial charge in [0.25, 0.3) is 5.91 Å². The first-order valence-corrected chi connectivity index (χ1v) is 12.6. The number of nitrogens with one attached hydrogen (secondary N) is 4. The van der Waals surface area contributed by atoms with Crippen LogP contribution in [-0.4, -0.2) is 43.8 Å². The van der Waals surface area contributed by atoms with Gasteiger partial charge in [-0.3, -0.25) is 10.1 Å². The molecule has 0 aliphatic carbocycles. The lowest BCUT2D eigenvalue weighted by Crippen LogP contribution is -2.22. The second kappa shape index (κ2) is 12.5. The third-order valence-electron chi connectivity index (χ3n) is 6.56. The third-order valence-corrected chi connectivity index (χ3v) is 6.56. The quantitative estimate of drug-likeness (QED) is 0.237. The first kappa shape index (κ1) is 28.4. The van der Waals surface area contributed by atoms with Gasteiger partial charge in [0.1, 0.15) is 11.6 Å². The first-order chi connectivity index (χ1) is 19.2. The van der Waals surface area contributed by atoms with Crippen LogP contribution in [0.2, 0.25) is 0 Å². The Hall–Kier alpha value is -4.64. The number of fused-ring (bicyclic) bond motifs is 1. The van der Waals surface area contributed by atoms with Crippen molar-refractivity contribution in [3.63, 3.8) is 0 Å². The number of carbonyl (C=O) groups excluding carboxylic acids is 2. The van der Waals surface area contributed by atoms with Crippen LogP contribution >= 0.6 is 0 Å². The standard InChI is InChI=1S/C29H31FN4O6/c1-16(15-40-29(38)33-20-6-4-5-17(9-20)13-31-2)21-8-7-18(11-25(21)39-3)26(28(36)37)34-24-12-22-19(10-23(24)30)14-32-27(22)35/h4-12,16,26,31,34H,13-15H2,1-3H3,(H,32,35)(H,33,38)(H,36,37)/t16-,26?/m0/s1. The van der Waals surface area contributed by atoms with E-state index in [0.717, 1.165) is 5.56 Å². The van der Waals surface area contributed by atoms with Crippen molar-refractivity contribution in [3.8, 4) is 5.75 Å². The summed E-state index contributed by atoms with van der Waals surface area (Å²) in [5, 5.41) is 21.0. The molecule has 3 aromatic carbocycles. The zero-order valence-corrected chi connectivity index (χ0v) is 22.3. The molecule has 1 heterocycles. The molecule has 2 atom stereocenters. The summed E-state index contributed by atoms with van der Waals surface area (Å²) >= 11 is 0. The summed E-state index contributed by atoms with van der Waals surface area (Å²) in [5.74, 6) is -2.15. The lowest BCUT2D eigenvalue weighted by atomic mass is 9.96. The molecule has 1 unspecified atom stereocenters. The molecule has 3 aromatic rings. The van der Waals surface area contributed by atoms with Crippen LogP contribution in [0.15, 0.2) is 54.6 Å². The number of ether oxygens (including phenoxy) is 2. The highest BCUT2D eigenvalue weighted by molar-refractivity contribution is 5.99. The number of aliphatic carboxylic acids is 1. The van der Waals surface area contributed by atoms with Gasteiger partial charge in [0.2, 0.25) is 0 Å². The monoisotopic (exact) mass is 550 g/mol. The normalized spacial score (nSPS) is 13.6. The van der Waals surface area contributed by atoms with Crippen molar-refractivity contribution in [2.24, 2.45) is 0 Å². The zero-order valence-electron chi connectivity index (χ0n) is 22.3. The Morgan fingerprint density at radius 2 is 1.95 bits per heavy atom. The van der Waals surface area contributed by atoms with Crippen LogP contribution in [-0.2, 0) is 22.6 Å². The third kappa shape index (κ3) is 6.49. The number of amides is 2. The Labute approximate surface area is 230 Å². The number of anilines is 2. The molecule has 0 fully saturated rings. The number of hydrogen-bond donors (Lipinski definition) is 5. The van der Waals surface area contributed by atoms with Gasteiger partial charge in [-0.05, 0) is 54.1 Å². The van der Waals surface area contributed by atoms with Crippen LogP contribution in [0.4, 0.5) is 20.6 Å². The van der Waals surface area contributed by atoms with Gasteiger partial charge in [0, 0.05) is 35.8 Å². The molecule has 0 saturated heterocycles. The molecule has 10 nitrogen and oxygen atoms in total. The van der Waals surface area contributed by atoms with Crippen LogP contribution in [0, 0.1) is 5.82 Å². The number of carboxylic acid groups (broad SMARTS) is 1. The van der Waals surface area contributed by atoms with Crippen molar-refractivity contribution in [2.45, 2.75) is 32.0 Å². The summed E-state index contributed by atoms with van der Waals surface area (Å²) in [6, 6.07) is 13.4. The predicted octanol–water partition coefficient (Wildman–Crippen LogP) is 4.39. The maximum absolute atomic E-state index is 14.7. The van der Waals surface area contributed by atoms with Crippen molar-refractivity contribution >= 4 is 29.3 Å². The molecule has 11 heteroatoms. The average Bonchev–Trinajstić information content (AvgIpc) is 3.29. The summed E-state index contributed by atoms with van der Waals surface area (Å²) in [7, 11) is 3.28. The fourth-order valence-corrected chi connectivity index (χ4v) is 4.52. The summed E-state index contributed by atoms with van der Waals surface area (Å²) < 4.78 is 25.6. The van der Waals surface area contributed by atoms with Gasteiger partial charge >= 0.3 is 12.1 Å². The Balaban J connectivity index is 1.45. The van der Waals surface area contributed by atoms with Crippen molar-refractivity contribution in [1.82, 2.24) is 10.6 Å². The van der Waals surface area contributed by atoms with Crippen molar-refractivity contribution in [1.29, 1.82) is 0 Å². The molecule has 5 N–H and O–H groups in total. The van der Waals surface area contributed by atoms with E-state index in [1.807, 2.05) is 32.2 Å². The molecule has 1 aliphatic rings. The van der Waals surface area contributed by atoms with Crippen LogP contribution in [0.1, 0.15) is 51.5 Å². The number of carbonyl (C=O) groups is 3. The van der Waals surface area contributed by atoms with E-state index in [1.165, 1.54) is 19.2 Å². The number of methoxy groups -OCH3 is 1. The molecule has 0 spiro atoms. The van der Waals surface area contributed by atoms with Gasteiger partial charge in [0.05, 0.1) is 19.4 Å². The Kier molecular flexibility index (Phi) is 8.85. The zero-order chi connectivity index (χ0) is 28.8. The van der Waals surface area contributed by atoms with Crippen LogP contribution in [0.5, 0.6) is 5.75 Å². The minimum absolute atomic E-state index is 0.0424. The van der Waals surface area contributed by atoms with E-state index >= 15 is 0 Å². The highest BCUT2D eigenvalue weighted by atomic mass is 19.1. The van der Waals surface area contributed by atoms with Crippen LogP contribution in [0.3, 0.4) is 0 Å². The molecular formula is C29H31FN4O6. The smallest absolute Gasteiger partial charge is 0.411 e. The molecule has 1 aliphatic heterocycles. The SMILES string of the molecule is CNCc1cccc(NC(=O)OC[C@H](C)c2ccc(C(Nc3cc4c(cc3F)CNC4=O)C(=O)O)cc2OC)c1. The van der Waals surface area contributed by atoms with Crippen molar-refractivity contribution < 1.29 is 33.4 Å². The fourth-order valence-electron chi connectivity index (χ4n) is 4.52. The second-order valence-corrected chi connectivity index (χ2v) is 9.44. The minimum Gasteiger partial charge on any atom is -0.496 e. The maximum atomic E-state index is 14.7. The molecular weight excluding hydrogens is 519 g/mol. The summed E-state index contributed by atoms with van der Waals surface area (Å²) in [4.78, 5) is 36.5. The van der Waals surface area contributed by atoms with Gasteiger partial charge in [-0.15, -0.1) is 0 Å². The molecule has 210 valence electrons. The van der Waals surface area contributed by atoms with Gasteiger partial charge in [-0.1, -0.05) is 31.2 Å². The van der Waals surface area contributed by atoms with Crippen molar-refractivity contribution in [3.05, 3.63) is 88.2 Å². The summed E-state index contributed by atoms with van der Waals surface area (Å²) in [5.41, 5.74) is 3.33. The molecule has 0 saturated carbocycles. The fraction of sp³-hybridized carbons (Fsp3) is 0.276. The number of benzene rings is 3. The van der Waals surface area contributed by atoms with Crippen LogP contribution < -0.4 is 26.0 Å². The van der Waals surface area contributed by atoms with Gasteiger partial charge in [-0.2, -0.15) is 0 Å². The molecule has 4 rings (SSSR count). The topological polar surface area (TPSA) is 138 Å². The molecule has 0 bridgehead atoms. The van der Waals surface area contributed by atoms with E-state index in [1.54, 1.807) is 24.3 Å². The maximum Gasteiger partial charge on any atom is 0.411 e. The number of hydrogen-bond acceptors (Lipinski definition) is 7. The number of rotatable bonds is 11. The molecule has 0 aromatic heterocycles. The Morgan fingerprint density at radius 1 is 1.15 bits per heavy atom. The van der Waals surface area contributed by atoms with E-state index in [4.69, 9.17) is 9.47 Å². The van der Waals surface area contributed by atoms with Gasteiger partial charge in [0.15, 0.2) is 6.04 Å². The van der Waals surface area contributed by atoms with E-state index in [9.17, 15) is 23.9 Å². The highest BCUT2D eigenvalue weighted by Gasteiger charge is 2.26. The van der Waals surface area contributed by atoms with Gasteiger partial charge < -0.3 is 30.5 Å². The summed E-state index contributed by atoms with van der Waals surface area (Å²) in [6.45, 7) is 2.77. The Bertz CT molecular complexity index is 1430. The molecule has 40 heavy (non-hydrogen) atoms. The minimum atomic E-state index is -1.32. The second-order valence-electron chi connectivity index (χ2n) is 9.44. The highest BCUT2D eigenvalue weighted by Crippen LogP contribution is 2.33. The van der Waals surface area contributed by atoms with Crippen LogP contribution in [0.25, 0.3) is 0 Å². The van der Waals surface area contributed by atoms with Crippen molar-refractivity contribution in [2.75, 3.05) is 31.4 Å². The largest absolute Gasteiger partial charge is 0.496 e. The average molecular weight is 551 g/mol. The van der Waals surface area contributed by atoms with Gasteiger partial charge in [-0.25, -0.2) is 14.0 Å². The molecule has 0 radical (unpaired) electrons. The lowest BCUT2D eigenvalue weighted by Gasteiger charge is -2.21. The van der Waals surface area contributed by atoms with E-state index in [-0.39, 0.29) is 30.7 Å². The number of halogens is 1. The summed E-state index contributed by atoms with van der Waals surface area (Å²) in [6.07, 6.45) is -0.607. The Morgan fingerprint density at radius 3 is 2.67 bits per heavy atom. The van der Waals surface area contributed by atoms with E-state index in [0.29, 0.717) is 40.2 Å². The lowest BCUT2D eigenvalue weighted by molar-refractivity contribution is -0.138. The van der Waals surface area contributed by atoms with E-state index in [2.05, 4.69) is 21.3 Å².